The summed E-state index contributed by atoms with van der Waals surface area (Å²) in [4.78, 5) is 4.23. The molecular weight excluding hydrogens is 222 g/mol. The van der Waals surface area contributed by atoms with Gasteiger partial charge in [-0.15, -0.1) is 0 Å². The van der Waals surface area contributed by atoms with Crippen LogP contribution in [0.25, 0.3) is 10.9 Å². The Morgan fingerprint density at radius 2 is 2.19 bits per heavy atom. The summed E-state index contributed by atoms with van der Waals surface area (Å²) in [6.45, 7) is 0.0852. The predicted octanol–water partition coefficient (Wildman–Crippen LogP) is 2.62. The van der Waals surface area contributed by atoms with Gasteiger partial charge in [-0.3, -0.25) is 4.98 Å². The Hall–Kier alpha value is -1.56. The Kier molecular flexibility index (Phi) is 3.40. The van der Waals surface area contributed by atoms with Crippen molar-refractivity contribution in [3.05, 3.63) is 41.0 Å². The lowest BCUT2D eigenvalue weighted by Gasteiger charge is -1.99. The van der Waals surface area contributed by atoms with Crippen LogP contribution >= 0.6 is 11.6 Å². The molecule has 3 heteroatoms. The van der Waals surface area contributed by atoms with Crippen LogP contribution in [0, 0.1) is 11.8 Å². The first-order chi connectivity index (χ1) is 7.81. The van der Waals surface area contributed by atoms with Crippen molar-refractivity contribution in [3.63, 3.8) is 0 Å². The van der Waals surface area contributed by atoms with E-state index in [1.54, 1.807) is 6.20 Å². The van der Waals surface area contributed by atoms with Crippen molar-refractivity contribution < 1.29 is 5.11 Å². The Morgan fingerprint density at radius 3 is 3.00 bits per heavy atom. The monoisotopic (exact) mass is 231 g/mol. The van der Waals surface area contributed by atoms with Crippen LogP contribution in [0.4, 0.5) is 0 Å². The maximum Gasteiger partial charge on any atom is 0.0729 e. The van der Waals surface area contributed by atoms with E-state index in [1.165, 1.54) is 0 Å². The third-order valence-corrected chi connectivity index (χ3v) is 2.40. The van der Waals surface area contributed by atoms with Gasteiger partial charge in [0.1, 0.15) is 0 Å². The lowest BCUT2D eigenvalue weighted by molar-refractivity contribution is 0.305. The molecule has 2 nitrogen and oxygen atoms in total. The molecule has 0 aliphatic carbocycles. The van der Waals surface area contributed by atoms with Crippen molar-refractivity contribution in [2.45, 2.75) is 6.42 Å². The lowest BCUT2D eigenvalue weighted by atomic mass is 10.1. The number of benzene rings is 1. The molecule has 0 atom stereocenters. The highest BCUT2D eigenvalue weighted by molar-refractivity contribution is 6.31. The van der Waals surface area contributed by atoms with Gasteiger partial charge in [0.15, 0.2) is 0 Å². The Bertz CT molecular complexity index is 569. The van der Waals surface area contributed by atoms with Crippen LogP contribution in [-0.2, 0) is 0 Å². The number of hydrogen-bond donors (Lipinski definition) is 1. The van der Waals surface area contributed by atoms with E-state index in [-0.39, 0.29) is 6.61 Å². The number of aliphatic hydroxyl groups is 1. The molecule has 1 aromatic heterocycles. The molecule has 0 saturated carbocycles. The third kappa shape index (κ3) is 2.33. The van der Waals surface area contributed by atoms with E-state index in [0.29, 0.717) is 11.4 Å². The van der Waals surface area contributed by atoms with E-state index in [9.17, 15) is 0 Å². The fourth-order valence-corrected chi connectivity index (χ4v) is 1.61. The van der Waals surface area contributed by atoms with Crippen molar-refractivity contribution in [1.29, 1.82) is 0 Å². The van der Waals surface area contributed by atoms with Crippen LogP contribution in [0.15, 0.2) is 30.5 Å². The summed E-state index contributed by atoms with van der Waals surface area (Å²) in [5, 5.41) is 10.3. The average molecular weight is 232 g/mol. The normalized spacial score (nSPS) is 9.88. The molecule has 16 heavy (non-hydrogen) atoms. The number of aliphatic hydroxyl groups excluding tert-OH is 1. The van der Waals surface area contributed by atoms with E-state index >= 15 is 0 Å². The molecule has 1 aromatic carbocycles. The molecule has 80 valence electrons. The first kappa shape index (κ1) is 10.9. The number of hydrogen-bond acceptors (Lipinski definition) is 2. The van der Waals surface area contributed by atoms with Gasteiger partial charge < -0.3 is 5.11 Å². The zero-order chi connectivity index (χ0) is 11.4. The second-order valence-electron chi connectivity index (χ2n) is 3.30. The lowest BCUT2D eigenvalue weighted by Crippen LogP contribution is -1.84. The maximum atomic E-state index is 8.66. The first-order valence-electron chi connectivity index (χ1n) is 4.95. The van der Waals surface area contributed by atoms with Gasteiger partial charge >= 0.3 is 0 Å². The number of rotatable bonds is 1. The molecule has 1 heterocycles. The van der Waals surface area contributed by atoms with E-state index < -0.39 is 0 Å². The first-order valence-corrected chi connectivity index (χ1v) is 5.33. The second kappa shape index (κ2) is 4.98. The smallest absolute Gasteiger partial charge is 0.0729 e. The van der Waals surface area contributed by atoms with Gasteiger partial charge in [-0.05, 0) is 18.2 Å². The van der Waals surface area contributed by atoms with Crippen LogP contribution in [-0.4, -0.2) is 16.7 Å². The largest absolute Gasteiger partial charge is 0.395 e. The zero-order valence-corrected chi connectivity index (χ0v) is 9.33. The second-order valence-corrected chi connectivity index (χ2v) is 3.73. The highest BCUT2D eigenvalue weighted by Crippen LogP contribution is 2.19. The molecule has 2 rings (SSSR count). The minimum Gasteiger partial charge on any atom is -0.395 e. The van der Waals surface area contributed by atoms with Gasteiger partial charge in [0.05, 0.1) is 12.1 Å². The molecule has 0 radical (unpaired) electrons. The van der Waals surface area contributed by atoms with Crippen molar-refractivity contribution in [2.24, 2.45) is 0 Å². The molecular formula is C13H10ClNO. The molecule has 0 unspecified atom stereocenters. The molecule has 0 fully saturated rings. The van der Waals surface area contributed by atoms with Gasteiger partial charge in [-0.1, -0.05) is 29.5 Å². The highest BCUT2D eigenvalue weighted by Gasteiger charge is 1.99. The average Bonchev–Trinajstić information content (AvgIpc) is 2.29. The highest BCUT2D eigenvalue weighted by atomic mass is 35.5. The molecule has 0 spiro atoms. The number of fused-ring (bicyclic) bond motifs is 1. The SMILES string of the molecule is OCCC#Cc1ccnc2cc(Cl)ccc12. The van der Waals surface area contributed by atoms with Crippen molar-refractivity contribution in [3.8, 4) is 11.8 Å². The Balaban J connectivity index is 2.51. The number of pyridine rings is 1. The Labute approximate surface area is 98.9 Å². The summed E-state index contributed by atoms with van der Waals surface area (Å²) in [5.41, 5.74) is 1.75. The summed E-state index contributed by atoms with van der Waals surface area (Å²) in [5.74, 6) is 5.91. The quantitative estimate of drug-likeness (QED) is 0.766. The predicted molar refractivity (Wildman–Crippen MR) is 65.3 cm³/mol. The minimum atomic E-state index is 0.0852. The van der Waals surface area contributed by atoms with Crippen LogP contribution in [0.5, 0.6) is 0 Å². The van der Waals surface area contributed by atoms with E-state index in [4.69, 9.17) is 16.7 Å². The van der Waals surface area contributed by atoms with Gasteiger partial charge in [0.2, 0.25) is 0 Å². The summed E-state index contributed by atoms with van der Waals surface area (Å²) in [7, 11) is 0. The van der Waals surface area contributed by atoms with Crippen molar-refractivity contribution in [2.75, 3.05) is 6.61 Å². The van der Waals surface area contributed by atoms with Gasteiger partial charge in [0, 0.05) is 28.6 Å². The van der Waals surface area contributed by atoms with Gasteiger partial charge in [0.25, 0.3) is 0 Å². The van der Waals surface area contributed by atoms with Crippen LogP contribution in [0.2, 0.25) is 5.02 Å². The van der Waals surface area contributed by atoms with E-state index in [1.807, 2.05) is 24.3 Å². The molecule has 0 amide bonds. The number of nitrogens with zero attached hydrogens (tertiary/aromatic N) is 1. The fraction of sp³-hybridized carbons (Fsp3) is 0.154. The molecule has 0 aliphatic heterocycles. The van der Waals surface area contributed by atoms with Gasteiger partial charge in [-0.25, -0.2) is 0 Å². The number of aromatic nitrogens is 1. The minimum absolute atomic E-state index is 0.0852. The number of halogens is 1. The molecule has 0 saturated heterocycles. The zero-order valence-electron chi connectivity index (χ0n) is 8.57. The summed E-state index contributed by atoms with van der Waals surface area (Å²) in [6.07, 6.45) is 2.19. The van der Waals surface area contributed by atoms with E-state index in [0.717, 1.165) is 16.5 Å². The summed E-state index contributed by atoms with van der Waals surface area (Å²) < 4.78 is 0. The Morgan fingerprint density at radius 1 is 1.31 bits per heavy atom. The van der Waals surface area contributed by atoms with Crippen LogP contribution in [0.3, 0.4) is 0 Å². The van der Waals surface area contributed by atoms with Crippen molar-refractivity contribution >= 4 is 22.5 Å². The maximum absolute atomic E-state index is 8.66. The molecule has 1 N–H and O–H groups in total. The van der Waals surface area contributed by atoms with Gasteiger partial charge in [-0.2, -0.15) is 0 Å². The summed E-state index contributed by atoms with van der Waals surface area (Å²) >= 11 is 5.89. The van der Waals surface area contributed by atoms with E-state index in [2.05, 4.69) is 16.8 Å². The topological polar surface area (TPSA) is 33.1 Å². The van der Waals surface area contributed by atoms with Crippen LogP contribution in [0.1, 0.15) is 12.0 Å². The van der Waals surface area contributed by atoms with Crippen molar-refractivity contribution in [1.82, 2.24) is 4.98 Å². The van der Waals surface area contributed by atoms with Crippen LogP contribution < -0.4 is 0 Å². The third-order valence-electron chi connectivity index (χ3n) is 2.16. The molecule has 0 aliphatic rings. The molecule has 2 aromatic rings. The molecule has 0 bridgehead atoms. The summed E-state index contributed by atoms with van der Waals surface area (Å²) in [6, 6.07) is 7.41. The fourth-order valence-electron chi connectivity index (χ4n) is 1.44. The standard InChI is InChI=1S/C13H10ClNO/c14-11-4-5-12-10(3-1-2-8-16)6-7-15-13(12)9-11/h4-7,9,16H,2,8H2.